The van der Waals surface area contributed by atoms with Crippen LogP contribution in [-0.2, 0) is 6.54 Å². The van der Waals surface area contributed by atoms with Crippen LogP contribution in [0.2, 0.25) is 0 Å². The molecule has 6 nitrogen and oxygen atoms in total. The van der Waals surface area contributed by atoms with Gasteiger partial charge in [-0.2, -0.15) is 0 Å². The van der Waals surface area contributed by atoms with Crippen LogP contribution in [-0.4, -0.2) is 39.9 Å². The quantitative estimate of drug-likeness (QED) is 0.341. The normalized spacial score (nSPS) is 11.8. The van der Waals surface area contributed by atoms with Gasteiger partial charge < -0.3 is 24.8 Å². The van der Waals surface area contributed by atoms with Crippen molar-refractivity contribution < 1.29 is 14.2 Å². The van der Waals surface area contributed by atoms with Gasteiger partial charge in [-0.3, -0.25) is 4.99 Å². The van der Waals surface area contributed by atoms with Crippen molar-refractivity contribution in [2.75, 3.05) is 27.8 Å². The summed E-state index contributed by atoms with van der Waals surface area (Å²) in [7, 11) is 5.04. The summed E-state index contributed by atoms with van der Waals surface area (Å²) in [6.45, 7) is 3.25. The molecule has 0 bridgehead atoms. The van der Waals surface area contributed by atoms with Crippen LogP contribution in [0.25, 0.3) is 0 Å². The second-order valence-corrected chi connectivity index (χ2v) is 5.74. The molecular formula is C20H28IN3O3. The second-order valence-electron chi connectivity index (χ2n) is 5.74. The first-order chi connectivity index (χ1) is 12.7. The largest absolute Gasteiger partial charge is 0.497 e. The van der Waals surface area contributed by atoms with Crippen molar-refractivity contribution >= 4 is 29.9 Å². The zero-order valence-corrected chi connectivity index (χ0v) is 18.5. The maximum atomic E-state index is 5.94. The highest BCUT2D eigenvalue weighted by molar-refractivity contribution is 14.0. The minimum Gasteiger partial charge on any atom is -0.497 e. The lowest BCUT2D eigenvalue weighted by molar-refractivity contribution is 0.213. The highest BCUT2D eigenvalue weighted by Gasteiger charge is 2.09. The van der Waals surface area contributed by atoms with E-state index in [-0.39, 0.29) is 30.1 Å². The predicted octanol–water partition coefficient (Wildman–Crippen LogP) is 3.45. The number of hydrogen-bond donors (Lipinski definition) is 2. The third-order valence-electron chi connectivity index (χ3n) is 3.77. The molecule has 2 rings (SSSR count). The molecule has 0 aliphatic heterocycles. The van der Waals surface area contributed by atoms with E-state index in [1.54, 1.807) is 21.3 Å². The van der Waals surface area contributed by atoms with Gasteiger partial charge in [0.05, 0.1) is 20.8 Å². The molecule has 0 spiro atoms. The Labute approximate surface area is 178 Å². The number of halogens is 1. The maximum absolute atomic E-state index is 5.94. The summed E-state index contributed by atoms with van der Waals surface area (Å²) >= 11 is 0. The zero-order chi connectivity index (χ0) is 18.8. The molecule has 2 N–H and O–H groups in total. The molecule has 27 heavy (non-hydrogen) atoms. The Morgan fingerprint density at radius 1 is 1.00 bits per heavy atom. The van der Waals surface area contributed by atoms with E-state index in [1.165, 1.54) is 0 Å². The number of para-hydroxylation sites is 2. The molecule has 0 heterocycles. The molecule has 0 aliphatic carbocycles. The van der Waals surface area contributed by atoms with Gasteiger partial charge in [0.15, 0.2) is 17.5 Å². The fraction of sp³-hybridized carbons (Fsp3) is 0.350. The fourth-order valence-corrected chi connectivity index (χ4v) is 2.40. The van der Waals surface area contributed by atoms with Crippen molar-refractivity contribution in [3.05, 3.63) is 54.1 Å². The average molecular weight is 485 g/mol. The standard InChI is InChI=1S/C20H27N3O3.HI/c1-15(26-19-11-6-5-10-18(19)25-4)13-22-20(21-2)23-14-16-8-7-9-17(12-16)24-3;/h5-12,15H,13-14H2,1-4H3,(H2,21,22,23);1H. The second kappa shape index (κ2) is 12.3. The molecule has 0 aromatic heterocycles. The van der Waals surface area contributed by atoms with E-state index in [0.29, 0.717) is 19.0 Å². The number of aliphatic imine (C=N–C) groups is 1. The summed E-state index contributed by atoms with van der Waals surface area (Å²) < 4.78 is 16.5. The molecule has 0 fully saturated rings. The van der Waals surface area contributed by atoms with E-state index in [9.17, 15) is 0 Å². The van der Waals surface area contributed by atoms with Crippen LogP contribution in [0.15, 0.2) is 53.5 Å². The van der Waals surface area contributed by atoms with E-state index in [1.807, 2.05) is 55.5 Å². The van der Waals surface area contributed by atoms with Crippen molar-refractivity contribution in [3.8, 4) is 17.2 Å². The first-order valence-corrected chi connectivity index (χ1v) is 8.53. The predicted molar refractivity (Wildman–Crippen MR) is 120 cm³/mol. The van der Waals surface area contributed by atoms with Crippen LogP contribution in [0.4, 0.5) is 0 Å². The Balaban J connectivity index is 0.00000364. The number of benzene rings is 2. The molecule has 0 amide bonds. The molecule has 2 aromatic carbocycles. The smallest absolute Gasteiger partial charge is 0.191 e. The van der Waals surface area contributed by atoms with Gasteiger partial charge in [-0.05, 0) is 36.8 Å². The lowest BCUT2D eigenvalue weighted by Crippen LogP contribution is -2.41. The summed E-state index contributed by atoms with van der Waals surface area (Å²) in [6.07, 6.45) is -0.0540. The number of rotatable bonds is 8. The van der Waals surface area contributed by atoms with E-state index >= 15 is 0 Å². The summed E-state index contributed by atoms with van der Waals surface area (Å²) in [6, 6.07) is 15.5. The topological polar surface area (TPSA) is 64.1 Å². The van der Waals surface area contributed by atoms with Crippen LogP contribution in [0.3, 0.4) is 0 Å². The van der Waals surface area contributed by atoms with Gasteiger partial charge in [0.2, 0.25) is 0 Å². The third kappa shape index (κ3) is 7.54. The Bertz CT molecular complexity index is 725. The maximum Gasteiger partial charge on any atom is 0.191 e. The molecular weight excluding hydrogens is 457 g/mol. The lowest BCUT2D eigenvalue weighted by atomic mass is 10.2. The van der Waals surface area contributed by atoms with E-state index in [4.69, 9.17) is 14.2 Å². The minimum atomic E-state index is -0.0540. The highest BCUT2D eigenvalue weighted by Crippen LogP contribution is 2.26. The van der Waals surface area contributed by atoms with Gasteiger partial charge in [-0.15, -0.1) is 24.0 Å². The molecule has 1 atom stereocenters. The van der Waals surface area contributed by atoms with E-state index < -0.39 is 0 Å². The van der Waals surface area contributed by atoms with Gasteiger partial charge >= 0.3 is 0 Å². The number of nitrogens with one attached hydrogen (secondary N) is 2. The van der Waals surface area contributed by atoms with E-state index in [2.05, 4.69) is 15.6 Å². The van der Waals surface area contributed by atoms with Gasteiger partial charge in [0.25, 0.3) is 0 Å². The van der Waals surface area contributed by atoms with Crippen LogP contribution in [0.5, 0.6) is 17.2 Å². The van der Waals surface area contributed by atoms with Gasteiger partial charge in [-0.1, -0.05) is 24.3 Å². The molecule has 0 saturated carbocycles. The average Bonchev–Trinajstić information content (AvgIpc) is 2.68. The minimum absolute atomic E-state index is 0. The number of hydrogen-bond acceptors (Lipinski definition) is 4. The molecule has 7 heteroatoms. The summed E-state index contributed by atoms with van der Waals surface area (Å²) in [5, 5.41) is 6.55. The lowest BCUT2D eigenvalue weighted by Gasteiger charge is -2.19. The number of nitrogens with zero attached hydrogens (tertiary/aromatic N) is 1. The highest BCUT2D eigenvalue weighted by atomic mass is 127. The summed E-state index contributed by atoms with van der Waals surface area (Å²) in [4.78, 5) is 4.24. The van der Waals surface area contributed by atoms with Crippen LogP contribution in [0, 0.1) is 0 Å². The van der Waals surface area contributed by atoms with Crippen molar-refractivity contribution in [1.82, 2.24) is 10.6 Å². The first-order valence-electron chi connectivity index (χ1n) is 8.53. The van der Waals surface area contributed by atoms with Crippen LogP contribution < -0.4 is 24.8 Å². The SMILES string of the molecule is CN=C(NCc1cccc(OC)c1)NCC(C)Oc1ccccc1OC.I. The fourth-order valence-electron chi connectivity index (χ4n) is 2.40. The summed E-state index contributed by atoms with van der Waals surface area (Å²) in [5.41, 5.74) is 1.12. The van der Waals surface area contributed by atoms with Gasteiger partial charge in [0.1, 0.15) is 11.9 Å². The van der Waals surface area contributed by atoms with Crippen molar-refractivity contribution in [1.29, 1.82) is 0 Å². The van der Waals surface area contributed by atoms with Crippen molar-refractivity contribution in [3.63, 3.8) is 0 Å². The Hall–Kier alpha value is -2.16. The molecule has 0 radical (unpaired) electrons. The third-order valence-corrected chi connectivity index (χ3v) is 3.77. The molecule has 0 aliphatic rings. The summed E-state index contributed by atoms with van der Waals surface area (Å²) in [5.74, 6) is 3.00. The number of methoxy groups -OCH3 is 2. The molecule has 1 unspecified atom stereocenters. The zero-order valence-electron chi connectivity index (χ0n) is 16.2. The van der Waals surface area contributed by atoms with Crippen LogP contribution >= 0.6 is 24.0 Å². The monoisotopic (exact) mass is 485 g/mol. The van der Waals surface area contributed by atoms with Gasteiger partial charge in [0, 0.05) is 13.6 Å². The van der Waals surface area contributed by atoms with Crippen LogP contribution in [0.1, 0.15) is 12.5 Å². The number of ether oxygens (including phenoxy) is 3. The number of guanidine groups is 1. The molecule has 148 valence electrons. The Kier molecular flexibility index (Phi) is 10.4. The Morgan fingerprint density at radius 2 is 1.74 bits per heavy atom. The molecule has 2 aromatic rings. The van der Waals surface area contributed by atoms with Crippen molar-refractivity contribution in [2.24, 2.45) is 4.99 Å². The van der Waals surface area contributed by atoms with Crippen molar-refractivity contribution in [2.45, 2.75) is 19.6 Å². The Morgan fingerprint density at radius 3 is 2.41 bits per heavy atom. The molecule has 0 saturated heterocycles. The van der Waals surface area contributed by atoms with E-state index in [0.717, 1.165) is 22.8 Å². The first kappa shape index (κ1) is 22.9. The van der Waals surface area contributed by atoms with Gasteiger partial charge in [-0.25, -0.2) is 0 Å².